The van der Waals surface area contributed by atoms with E-state index in [0.717, 1.165) is 6.04 Å². The average molecular weight is 144 g/mol. The van der Waals surface area contributed by atoms with Crippen LogP contribution in [0.4, 0.5) is 0 Å². The summed E-state index contributed by atoms with van der Waals surface area (Å²) in [4.78, 5) is 10.8. The van der Waals surface area contributed by atoms with Gasteiger partial charge in [-0.05, 0) is 19.1 Å². The van der Waals surface area contributed by atoms with E-state index in [-0.39, 0.29) is 11.9 Å². The van der Waals surface area contributed by atoms with E-state index in [2.05, 4.69) is 13.1 Å². The first-order valence-electron chi connectivity index (χ1n) is 3.24. The van der Waals surface area contributed by atoms with Crippen LogP contribution in [0.2, 0.25) is 19.1 Å². The normalized spacial score (nSPS) is 32.3. The van der Waals surface area contributed by atoms with E-state index < -0.39 is 8.32 Å². The van der Waals surface area contributed by atoms with Crippen LogP contribution in [-0.4, -0.2) is 14.3 Å². The minimum Gasteiger partial charge on any atom is -0.519 e. The molecule has 1 atom stereocenters. The maximum Gasteiger partial charge on any atom is 0.295 e. The van der Waals surface area contributed by atoms with Crippen molar-refractivity contribution in [2.24, 2.45) is 5.92 Å². The standard InChI is InChI=1S/C6H12O2Si/c1-5-4-9(2,3)8-6(5)7/h5H,4H2,1-3H3. The van der Waals surface area contributed by atoms with Gasteiger partial charge in [0.2, 0.25) is 8.32 Å². The predicted octanol–water partition coefficient (Wildman–Crippen LogP) is 1.38. The van der Waals surface area contributed by atoms with Crippen LogP contribution in [0.1, 0.15) is 6.92 Å². The molecule has 1 rings (SSSR count). The number of carbonyl (C=O) groups is 1. The van der Waals surface area contributed by atoms with Crippen molar-refractivity contribution in [1.29, 1.82) is 0 Å². The lowest BCUT2D eigenvalue weighted by atomic mass is 10.2. The van der Waals surface area contributed by atoms with Crippen LogP contribution in [0, 0.1) is 5.92 Å². The van der Waals surface area contributed by atoms with Gasteiger partial charge < -0.3 is 4.43 Å². The van der Waals surface area contributed by atoms with Gasteiger partial charge in [-0.2, -0.15) is 0 Å². The summed E-state index contributed by atoms with van der Waals surface area (Å²) in [6, 6.07) is 0.992. The maximum atomic E-state index is 10.8. The topological polar surface area (TPSA) is 26.3 Å². The Bertz CT molecular complexity index is 142. The molecule has 0 saturated carbocycles. The SMILES string of the molecule is CC1C[Si](C)(C)OC1=O. The smallest absolute Gasteiger partial charge is 0.295 e. The molecule has 1 aliphatic rings. The largest absolute Gasteiger partial charge is 0.519 e. The van der Waals surface area contributed by atoms with Crippen molar-refractivity contribution in [3.8, 4) is 0 Å². The molecular formula is C6H12O2Si. The lowest BCUT2D eigenvalue weighted by Crippen LogP contribution is -2.24. The average Bonchev–Trinajstić information content (AvgIpc) is 1.79. The molecule has 1 aliphatic heterocycles. The summed E-state index contributed by atoms with van der Waals surface area (Å²) >= 11 is 0. The predicted molar refractivity (Wildman–Crippen MR) is 37.5 cm³/mol. The van der Waals surface area contributed by atoms with Crippen LogP contribution in [0.3, 0.4) is 0 Å². The fourth-order valence-corrected chi connectivity index (χ4v) is 3.71. The van der Waals surface area contributed by atoms with E-state index in [1.54, 1.807) is 0 Å². The zero-order valence-corrected chi connectivity index (χ0v) is 7.10. The van der Waals surface area contributed by atoms with Gasteiger partial charge in [0.05, 0.1) is 5.92 Å². The van der Waals surface area contributed by atoms with E-state index in [1.807, 2.05) is 6.92 Å². The molecule has 0 amide bonds. The van der Waals surface area contributed by atoms with Crippen LogP contribution in [0.5, 0.6) is 0 Å². The zero-order chi connectivity index (χ0) is 7.07. The monoisotopic (exact) mass is 144 g/mol. The van der Waals surface area contributed by atoms with E-state index in [1.165, 1.54) is 0 Å². The molecule has 0 spiro atoms. The summed E-state index contributed by atoms with van der Waals surface area (Å²) in [6.07, 6.45) is 0. The molecule has 52 valence electrons. The highest BCUT2D eigenvalue weighted by Gasteiger charge is 2.39. The molecule has 1 unspecified atom stereocenters. The molecule has 0 aromatic heterocycles. The Balaban J connectivity index is 2.65. The molecule has 1 saturated heterocycles. The molecule has 0 aromatic carbocycles. The van der Waals surface area contributed by atoms with Gasteiger partial charge in [0, 0.05) is 0 Å². The fourth-order valence-electron chi connectivity index (χ4n) is 1.24. The Morgan fingerprint density at radius 1 is 1.67 bits per heavy atom. The Kier molecular flexibility index (Phi) is 1.39. The summed E-state index contributed by atoms with van der Waals surface area (Å²) < 4.78 is 5.16. The first kappa shape index (κ1) is 6.80. The minimum atomic E-state index is -1.52. The summed E-state index contributed by atoms with van der Waals surface area (Å²) in [5.74, 6) is 0.165. The summed E-state index contributed by atoms with van der Waals surface area (Å²) in [5, 5.41) is 0. The van der Waals surface area contributed by atoms with Crippen LogP contribution >= 0.6 is 0 Å². The van der Waals surface area contributed by atoms with Gasteiger partial charge >= 0.3 is 0 Å². The fraction of sp³-hybridized carbons (Fsp3) is 0.833. The van der Waals surface area contributed by atoms with Gasteiger partial charge in [0.1, 0.15) is 0 Å². The highest BCUT2D eigenvalue weighted by atomic mass is 28.4. The molecule has 2 nitrogen and oxygen atoms in total. The number of rotatable bonds is 0. The van der Waals surface area contributed by atoms with E-state index in [0.29, 0.717) is 0 Å². The molecule has 0 bridgehead atoms. The highest BCUT2D eigenvalue weighted by molar-refractivity contribution is 6.74. The van der Waals surface area contributed by atoms with Crippen LogP contribution < -0.4 is 0 Å². The number of hydrogen-bond acceptors (Lipinski definition) is 2. The van der Waals surface area contributed by atoms with Gasteiger partial charge in [0.15, 0.2) is 0 Å². The van der Waals surface area contributed by atoms with Crippen molar-refractivity contribution in [1.82, 2.24) is 0 Å². The van der Waals surface area contributed by atoms with Gasteiger partial charge in [0.25, 0.3) is 5.97 Å². The van der Waals surface area contributed by atoms with Gasteiger partial charge in [-0.1, -0.05) is 6.92 Å². The summed E-state index contributed by atoms with van der Waals surface area (Å²) in [7, 11) is -1.52. The third-order valence-corrected chi connectivity index (χ3v) is 3.93. The molecule has 0 aliphatic carbocycles. The molecule has 0 radical (unpaired) electrons. The van der Waals surface area contributed by atoms with Gasteiger partial charge in [-0.25, -0.2) is 0 Å². The van der Waals surface area contributed by atoms with Crippen molar-refractivity contribution < 1.29 is 9.22 Å². The van der Waals surface area contributed by atoms with E-state index in [4.69, 9.17) is 4.43 Å². The quantitative estimate of drug-likeness (QED) is 0.480. The second-order valence-electron chi connectivity index (χ2n) is 3.29. The van der Waals surface area contributed by atoms with Crippen LogP contribution in [-0.2, 0) is 9.22 Å². The summed E-state index contributed by atoms with van der Waals surface area (Å²) in [5.41, 5.74) is 0. The molecule has 3 heteroatoms. The van der Waals surface area contributed by atoms with Gasteiger partial charge in [-0.3, -0.25) is 4.79 Å². The van der Waals surface area contributed by atoms with E-state index in [9.17, 15) is 4.79 Å². The molecule has 1 fully saturated rings. The molecule has 9 heavy (non-hydrogen) atoms. The Morgan fingerprint density at radius 2 is 2.22 bits per heavy atom. The maximum absolute atomic E-state index is 10.8. The number of carbonyl (C=O) groups excluding carboxylic acids is 1. The van der Waals surface area contributed by atoms with E-state index >= 15 is 0 Å². The second kappa shape index (κ2) is 1.83. The third-order valence-electron chi connectivity index (χ3n) is 1.58. The lowest BCUT2D eigenvalue weighted by molar-refractivity contribution is -0.135. The van der Waals surface area contributed by atoms with Crippen LogP contribution in [0.25, 0.3) is 0 Å². The van der Waals surface area contributed by atoms with Gasteiger partial charge in [-0.15, -0.1) is 0 Å². The Hall–Kier alpha value is -0.313. The first-order valence-corrected chi connectivity index (χ1v) is 6.36. The summed E-state index contributed by atoms with van der Waals surface area (Å²) in [6.45, 7) is 6.09. The lowest BCUT2D eigenvalue weighted by Gasteiger charge is -2.10. The molecular weight excluding hydrogens is 132 g/mol. The van der Waals surface area contributed by atoms with Crippen LogP contribution in [0.15, 0.2) is 0 Å². The van der Waals surface area contributed by atoms with Crippen molar-refractivity contribution in [2.45, 2.75) is 26.1 Å². The highest BCUT2D eigenvalue weighted by Crippen LogP contribution is 2.27. The Labute approximate surface area is 56.3 Å². The van der Waals surface area contributed by atoms with Crippen molar-refractivity contribution in [3.05, 3.63) is 0 Å². The second-order valence-corrected chi connectivity index (χ2v) is 7.42. The third kappa shape index (κ3) is 1.33. The Morgan fingerprint density at radius 3 is 2.33 bits per heavy atom. The molecule has 0 aromatic rings. The van der Waals surface area contributed by atoms with Crippen molar-refractivity contribution in [3.63, 3.8) is 0 Å². The number of hydrogen-bond donors (Lipinski definition) is 0. The molecule has 1 heterocycles. The minimum absolute atomic E-state index is 0.00617. The zero-order valence-electron chi connectivity index (χ0n) is 6.10. The van der Waals surface area contributed by atoms with Crippen molar-refractivity contribution >= 4 is 14.3 Å². The molecule has 0 N–H and O–H groups in total. The first-order chi connectivity index (χ1) is 4.01. The van der Waals surface area contributed by atoms with Crippen molar-refractivity contribution in [2.75, 3.05) is 0 Å².